The van der Waals surface area contributed by atoms with Gasteiger partial charge in [-0.1, -0.05) is 178 Å². The number of hydrogen-bond donors (Lipinski definition) is 0. The zero-order chi connectivity index (χ0) is 39.6. The van der Waals surface area contributed by atoms with Crippen molar-refractivity contribution in [3.63, 3.8) is 0 Å². The lowest BCUT2D eigenvalue weighted by atomic mass is 9.74. The molecule has 4 heteroatoms. The molecule has 0 saturated carbocycles. The van der Waals surface area contributed by atoms with E-state index < -0.39 is 0 Å². The van der Waals surface area contributed by atoms with Crippen LogP contribution in [0.3, 0.4) is 0 Å². The molecule has 0 spiro atoms. The second kappa shape index (κ2) is 13.7. The lowest BCUT2D eigenvalue weighted by Crippen LogP contribution is -2.21. The third-order valence-electron chi connectivity index (χ3n) is 12.6. The molecule has 11 rings (SSSR count). The number of rotatable bonds is 6. The van der Waals surface area contributed by atoms with Gasteiger partial charge in [0.25, 0.3) is 0 Å². The van der Waals surface area contributed by atoms with Crippen molar-refractivity contribution in [2.24, 2.45) is 0 Å². The van der Waals surface area contributed by atoms with Crippen molar-refractivity contribution >= 4 is 49.1 Å². The van der Waals surface area contributed by atoms with Gasteiger partial charge in [0.05, 0.1) is 0 Å². The second-order valence-corrected chi connectivity index (χ2v) is 16.5. The van der Waals surface area contributed by atoms with E-state index in [4.69, 9.17) is 19.4 Å². The molecule has 0 radical (unpaired) electrons. The van der Waals surface area contributed by atoms with E-state index in [1.165, 1.54) is 27.3 Å². The first-order chi connectivity index (χ1) is 28.9. The highest BCUT2D eigenvalue weighted by molar-refractivity contribution is 6.15. The first-order valence-electron chi connectivity index (χ1n) is 20.5. The van der Waals surface area contributed by atoms with Gasteiger partial charge in [0.15, 0.2) is 17.5 Å². The molecule has 0 saturated heterocycles. The summed E-state index contributed by atoms with van der Waals surface area (Å²) < 4.78 is 6.76. The van der Waals surface area contributed by atoms with E-state index in [1.54, 1.807) is 0 Å². The SMILES string of the molecule is CC1(c2ccc(-c3ccc(-c4nc(C5=CCC(C)(c6cccc7ccccc67)C=C5)nc(-c5ccc6ccccc6c5)n4)c4c3oc3ccccc34)cc2)C=CC=CC1. The molecule has 2 aromatic heterocycles. The topological polar surface area (TPSA) is 51.8 Å². The van der Waals surface area contributed by atoms with Crippen LogP contribution in [0.1, 0.15) is 43.6 Å². The molecule has 2 aliphatic carbocycles. The number of allylic oxidation sites excluding steroid dienone is 8. The zero-order valence-corrected chi connectivity index (χ0v) is 33.1. The van der Waals surface area contributed by atoms with Crippen molar-refractivity contribution in [3.05, 3.63) is 205 Å². The van der Waals surface area contributed by atoms with Crippen molar-refractivity contribution in [2.75, 3.05) is 0 Å². The van der Waals surface area contributed by atoms with E-state index in [9.17, 15) is 0 Å². The number of furan rings is 1. The van der Waals surface area contributed by atoms with Gasteiger partial charge in [-0.2, -0.15) is 0 Å². The average Bonchev–Trinajstić information content (AvgIpc) is 3.69. The maximum absolute atomic E-state index is 6.76. The van der Waals surface area contributed by atoms with Crippen molar-refractivity contribution in [1.29, 1.82) is 0 Å². The first kappa shape index (κ1) is 35.0. The minimum Gasteiger partial charge on any atom is -0.455 e. The molecule has 7 aromatic carbocycles. The normalized spacial score (nSPS) is 18.9. The number of benzene rings is 7. The van der Waals surface area contributed by atoms with Gasteiger partial charge in [-0.05, 0) is 75.3 Å². The molecule has 0 N–H and O–H groups in total. The third kappa shape index (κ3) is 6.03. The number of hydrogen-bond acceptors (Lipinski definition) is 4. The maximum atomic E-state index is 6.76. The molecular formula is C55H41N3O. The van der Waals surface area contributed by atoms with Crippen molar-refractivity contribution in [2.45, 2.75) is 37.5 Å². The lowest BCUT2D eigenvalue weighted by molar-refractivity contribution is 0.600. The molecule has 0 aliphatic heterocycles. The Balaban J connectivity index is 1.06. The quantitative estimate of drug-likeness (QED) is 0.169. The van der Waals surface area contributed by atoms with Crippen LogP contribution in [-0.4, -0.2) is 15.0 Å². The van der Waals surface area contributed by atoms with Crippen LogP contribution < -0.4 is 0 Å². The molecule has 2 atom stereocenters. The number of fused-ring (bicyclic) bond motifs is 5. The summed E-state index contributed by atoms with van der Waals surface area (Å²) in [4.78, 5) is 15.8. The van der Waals surface area contributed by atoms with Crippen molar-refractivity contribution in [3.8, 4) is 33.9 Å². The lowest BCUT2D eigenvalue weighted by Gasteiger charge is -2.30. The highest BCUT2D eigenvalue weighted by atomic mass is 16.3. The predicted octanol–water partition coefficient (Wildman–Crippen LogP) is 14.2. The molecule has 0 fully saturated rings. The van der Waals surface area contributed by atoms with E-state index in [0.29, 0.717) is 17.5 Å². The zero-order valence-electron chi connectivity index (χ0n) is 33.1. The Morgan fingerprint density at radius 2 is 1.24 bits per heavy atom. The average molecular weight is 760 g/mol. The van der Waals surface area contributed by atoms with Gasteiger partial charge in [0.1, 0.15) is 11.2 Å². The van der Waals surface area contributed by atoms with Crippen LogP contribution in [0.2, 0.25) is 0 Å². The fraction of sp³-hybridized carbons (Fsp3) is 0.109. The first-order valence-corrected chi connectivity index (χ1v) is 20.5. The fourth-order valence-electron chi connectivity index (χ4n) is 9.12. The largest absolute Gasteiger partial charge is 0.455 e. The third-order valence-corrected chi connectivity index (χ3v) is 12.6. The molecule has 9 aromatic rings. The molecule has 4 nitrogen and oxygen atoms in total. The summed E-state index contributed by atoms with van der Waals surface area (Å²) in [6.45, 7) is 4.62. The van der Waals surface area contributed by atoms with E-state index in [0.717, 1.165) is 68.0 Å². The van der Waals surface area contributed by atoms with Gasteiger partial charge in [0, 0.05) is 43.9 Å². The Bertz CT molecular complexity index is 3250. The van der Waals surface area contributed by atoms with Gasteiger partial charge in [-0.3, -0.25) is 0 Å². The van der Waals surface area contributed by atoms with Crippen LogP contribution in [0, 0.1) is 0 Å². The Hall–Kier alpha value is -7.17. The number of nitrogens with zero attached hydrogens (tertiary/aromatic N) is 3. The van der Waals surface area contributed by atoms with Gasteiger partial charge in [0.2, 0.25) is 0 Å². The van der Waals surface area contributed by atoms with Gasteiger partial charge >= 0.3 is 0 Å². The van der Waals surface area contributed by atoms with Gasteiger partial charge in [-0.15, -0.1) is 0 Å². The van der Waals surface area contributed by atoms with Crippen LogP contribution in [0.4, 0.5) is 0 Å². The molecule has 2 aliphatic rings. The van der Waals surface area contributed by atoms with Gasteiger partial charge in [-0.25, -0.2) is 15.0 Å². The van der Waals surface area contributed by atoms with Crippen LogP contribution in [-0.2, 0) is 10.8 Å². The standard InChI is InChI=1S/C55H41N3O/c1-54(31-10-3-11-32-54)42-25-23-38(24-26-42)44-27-28-46(49-45-18-8-9-20-48(45)59-50(44)49)53-57-51(56-52(58-53)41-22-21-36-13-4-5-15-40(36)35-41)39-29-33-55(2,34-30-39)47-19-12-16-37-14-6-7-17-43(37)47/h3-31,33,35H,32,34H2,1-2H3. The summed E-state index contributed by atoms with van der Waals surface area (Å²) >= 11 is 0. The minimum absolute atomic E-state index is 0.0253. The smallest absolute Gasteiger partial charge is 0.164 e. The summed E-state index contributed by atoms with van der Waals surface area (Å²) in [6.07, 6.45) is 17.4. The summed E-state index contributed by atoms with van der Waals surface area (Å²) in [5, 5.41) is 6.87. The molecule has 0 bridgehead atoms. The van der Waals surface area contributed by atoms with Crippen molar-refractivity contribution in [1.82, 2.24) is 15.0 Å². The Morgan fingerprint density at radius 3 is 2.05 bits per heavy atom. The van der Waals surface area contributed by atoms with Crippen LogP contribution in [0.15, 0.2) is 193 Å². The Labute approximate surface area is 343 Å². The number of para-hydroxylation sites is 1. The molecule has 59 heavy (non-hydrogen) atoms. The van der Waals surface area contributed by atoms with Crippen LogP contribution in [0.25, 0.3) is 83.0 Å². The van der Waals surface area contributed by atoms with E-state index in [-0.39, 0.29) is 10.8 Å². The van der Waals surface area contributed by atoms with E-state index in [1.807, 2.05) is 12.1 Å². The predicted molar refractivity (Wildman–Crippen MR) is 244 cm³/mol. The Morgan fingerprint density at radius 1 is 0.525 bits per heavy atom. The van der Waals surface area contributed by atoms with Crippen LogP contribution >= 0.6 is 0 Å². The molecular weight excluding hydrogens is 719 g/mol. The van der Waals surface area contributed by atoms with Crippen LogP contribution in [0.5, 0.6) is 0 Å². The molecule has 2 unspecified atom stereocenters. The minimum atomic E-state index is -0.181. The second-order valence-electron chi connectivity index (χ2n) is 16.5. The maximum Gasteiger partial charge on any atom is 0.164 e. The summed E-state index contributed by atoms with van der Waals surface area (Å²) in [6, 6.07) is 51.7. The molecule has 2 heterocycles. The highest BCUT2D eigenvalue weighted by Crippen LogP contribution is 2.43. The Kier molecular flexibility index (Phi) is 8.16. The molecule has 0 amide bonds. The molecule has 282 valence electrons. The highest BCUT2D eigenvalue weighted by Gasteiger charge is 2.29. The summed E-state index contributed by atoms with van der Waals surface area (Å²) in [5.41, 5.74) is 9.01. The fourth-order valence-corrected chi connectivity index (χ4v) is 9.12. The monoisotopic (exact) mass is 759 g/mol. The van der Waals surface area contributed by atoms with E-state index in [2.05, 4.69) is 190 Å². The van der Waals surface area contributed by atoms with Gasteiger partial charge < -0.3 is 4.42 Å². The van der Waals surface area contributed by atoms with E-state index >= 15 is 0 Å². The van der Waals surface area contributed by atoms with Crippen molar-refractivity contribution < 1.29 is 4.42 Å². The summed E-state index contributed by atoms with van der Waals surface area (Å²) in [7, 11) is 0. The number of aromatic nitrogens is 3. The summed E-state index contributed by atoms with van der Waals surface area (Å²) in [5.74, 6) is 1.89.